The van der Waals surface area contributed by atoms with Crippen LogP contribution in [-0.2, 0) is 27.4 Å². The molecular formula is C27H27F3N2O5S. The molecule has 0 aliphatic rings. The number of carbonyl (C=O) groups excluding carboxylic acids is 1. The van der Waals surface area contributed by atoms with Gasteiger partial charge in [-0.25, -0.2) is 13.1 Å². The third-order valence-electron chi connectivity index (χ3n) is 5.50. The standard InChI is InChI=1S/C27H27F3N2O5S/c1-36-24-14-8-20(17-25(24)37-2)9-15-26(33)31-18-22(16-19-6-4-3-5-7-19)32-38(34,35)23-12-10-21(11-13-23)27(28,29)30/h3-15,17,22,32H,16,18H2,1-2H3,(H,31,33)/b15-9+/t22-/m1/s1. The number of nitrogens with one attached hydrogen (secondary N) is 2. The first-order valence-electron chi connectivity index (χ1n) is 11.4. The Balaban J connectivity index is 1.72. The molecule has 3 aromatic carbocycles. The average Bonchev–Trinajstić information content (AvgIpc) is 2.90. The molecule has 0 saturated carbocycles. The molecule has 0 spiro atoms. The van der Waals surface area contributed by atoms with Crippen LogP contribution in [0.4, 0.5) is 13.2 Å². The Kier molecular flexibility index (Phi) is 9.54. The highest BCUT2D eigenvalue weighted by Crippen LogP contribution is 2.30. The molecule has 0 aliphatic heterocycles. The van der Waals surface area contributed by atoms with Gasteiger partial charge < -0.3 is 14.8 Å². The zero-order chi connectivity index (χ0) is 27.8. The highest BCUT2D eigenvalue weighted by molar-refractivity contribution is 7.89. The highest BCUT2D eigenvalue weighted by Gasteiger charge is 2.31. The Morgan fingerprint density at radius 1 is 0.947 bits per heavy atom. The van der Waals surface area contributed by atoms with Gasteiger partial charge in [0.1, 0.15) is 0 Å². The number of amides is 1. The maximum absolute atomic E-state index is 12.9. The average molecular weight is 549 g/mol. The van der Waals surface area contributed by atoms with Gasteiger partial charge in [-0.3, -0.25) is 4.79 Å². The zero-order valence-corrected chi connectivity index (χ0v) is 21.5. The zero-order valence-electron chi connectivity index (χ0n) is 20.7. The molecule has 0 heterocycles. The fourth-order valence-electron chi connectivity index (χ4n) is 3.58. The minimum atomic E-state index is -4.58. The van der Waals surface area contributed by atoms with E-state index in [-0.39, 0.29) is 17.9 Å². The Hall–Kier alpha value is -3.83. The minimum Gasteiger partial charge on any atom is -0.493 e. The molecule has 0 radical (unpaired) electrons. The van der Waals surface area contributed by atoms with Crippen LogP contribution in [0.5, 0.6) is 11.5 Å². The van der Waals surface area contributed by atoms with Crippen molar-refractivity contribution in [3.05, 3.63) is 95.6 Å². The maximum Gasteiger partial charge on any atom is 0.416 e. The van der Waals surface area contributed by atoms with Gasteiger partial charge in [0.05, 0.1) is 24.7 Å². The molecule has 0 aliphatic carbocycles. The topological polar surface area (TPSA) is 93.7 Å². The van der Waals surface area contributed by atoms with Crippen LogP contribution >= 0.6 is 0 Å². The van der Waals surface area contributed by atoms with Crippen LogP contribution in [-0.4, -0.2) is 41.1 Å². The predicted molar refractivity (Wildman–Crippen MR) is 137 cm³/mol. The van der Waals surface area contributed by atoms with Gasteiger partial charge in [0.15, 0.2) is 11.5 Å². The lowest BCUT2D eigenvalue weighted by molar-refractivity contribution is -0.137. The van der Waals surface area contributed by atoms with Gasteiger partial charge in [0.25, 0.3) is 0 Å². The quantitative estimate of drug-likeness (QED) is 0.346. The van der Waals surface area contributed by atoms with Crippen molar-refractivity contribution in [3.8, 4) is 11.5 Å². The predicted octanol–water partition coefficient (Wildman–Crippen LogP) is 4.44. The summed E-state index contributed by atoms with van der Waals surface area (Å²) in [4.78, 5) is 12.2. The molecule has 0 fully saturated rings. The third kappa shape index (κ3) is 8.09. The number of hydrogen-bond acceptors (Lipinski definition) is 5. The van der Waals surface area contributed by atoms with Gasteiger partial charge in [0, 0.05) is 18.7 Å². The summed E-state index contributed by atoms with van der Waals surface area (Å²) in [6, 6.07) is 16.6. The summed E-state index contributed by atoms with van der Waals surface area (Å²) < 4.78 is 77.4. The molecule has 0 aromatic heterocycles. The third-order valence-corrected chi connectivity index (χ3v) is 7.03. The lowest BCUT2D eigenvalue weighted by Crippen LogP contribution is -2.44. The molecule has 202 valence electrons. The molecule has 7 nitrogen and oxygen atoms in total. The molecule has 3 rings (SSSR count). The Bertz CT molecular complexity index is 1360. The Morgan fingerprint density at radius 2 is 1.61 bits per heavy atom. The van der Waals surface area contributed by atoms with Crippen molar-refractivity contribution in [1.29, 1.82) is 0 Å². The summed E-state index contributed by atoms with van der Waals surface area (Å²) in [7, 11) is -1.16. The van der Waals surface area contributed by atoms with E-state index in [0.717, 1.165) is 17.7 Å². The first kappa shape index (κ1) is 28.7. The number of sulfonamides is 1. The number of hydrogen-bond donors (Lipinski definition) is 2. The molecule has 3 aromatic rings. The lowest BCUT2D eigenvalue weighted by atomic mass is 10.1. The summed E-state index contributed by atoms with van der Waals surface area (Å²) in [5.41, 5.74) is 0.537. The molecule has 2 N–H and O–H groups in total. The van der Waals surface area contributed by atoms with Crippen LogP contribution in [0.1, 0.15) is 16.7 Å². The van der Waals surface area contributed by atoms with Gasteiger partial charge in [-0.05, 0) is 60.0 Å². The van der Waals surface area contributed by atoms with E-state index in [4.69, 9.17) is 9.47 Å². The van der Waals surface area contributed by atoms with Gasteiger partial charge in [-0.2, -0.15) is 13.2 Å². The largest absolute Gasteiger partial charge is 0.493 e. The number of carbonyl (C=O) groups is 1. The second-order valence-electron chi connectivity index (χ2n) is 8.22. The van der Waals surface area contributed by atoms with Crippen molar-refractivity contribution in [3.63, 3.8) is 0 Å². The van der Waals surface area contributed by atoms with Crippen LogP contribution in [0.25, 0.3) is 6.08 Å². The fourth-order valence-corrected chi connectivity index (χ4v) is 4.81. The van der Waals surface area contributed by atoms with E-state index in [1.54, 1.807) is 48.5 Å². The number of benzene rings is 3. The second kappa shape index (κ2) is 12.6. The van der Waals surface area contributed by atoms with Crippen molar-refractivity contribution >= 4 is 22.0 Å². The molecule has 0 saturated heterocycles. The Labute approximate surface area is 219 Å². The molecule has 38 heavy (non-hydrogen) atoms. The van der Waals surface area contributed by atoms with Crippen molar-refractivity contribution in [2.45, 2.75) is 23.5 Å². The fraction of sp³-hybridized carbons (Fsp3) is 0.222. The summed E-state index contributed by atoms with van der Waals surface area (Å²) >= 11 is 0. The van der Waals surface area contributed by atoms with E-state index < -0.39 is 33.7 Å². The number of halogens is 3. The lowest BCUT2D eigenvalue weighted by Gasteiger charge is -2.19. The molecule has 0 bridgehead atoms. The van der Waals surface area contributed by atoms with Crippen LogP contribution < -0.4 is 19.5 Å². The summed E-state index contributed by atoms with van der Waals surface area (Å²) in [6.45, 7) is -0.0656. The monoisotopic (exact) mass is 548 g/mol. The minimum absolute atomic E-state index is 0.0656. The van der Waals surface area contributed by atoms with Crippen LogP contribution in [0.15, 0.2) is 83.8 Å². The second-order valence-corrected chi connectivity index (χ2v) is 9.94. The summed E-state index contributed by atoms with van der Waals surface area (Å²) in [6.07, 6.45) is -1.48. The molecule has 11 heteroatoms. The SMILES string of the molecule is COc1ccc(/C=C/C(=O)NC[C@@H](Cc2ccccc2)NS(=O)(=O)c2ccc(C(F)(F)F)cc2)cc1OC. The van der Waals surface area contributed by atoms with Crippen LogP contribution in [0.3, 0.4) is 0 Å². The van der Waals surface area contributed by atoms with E-state index in [9.17, 15) is 26.4 Å². The number of ether oxygens (including phenoxy) is 2. The molecule has 0 unspecified atom stereocenters. The van der Waals surface area contributed by atoms with E-state index in [1.807, 2.05) is 6.07 Å². The molecular weight excluding hydrogens is 521 g/mol. The summed E-state index contributed by atoms with van der Waals surface area (Å²) in [5, 5.41) is 2.67. The van der Waals surface area contributed by atoms with Crippen molar-refractivity contribution in [2.75, 3.05) is 20.8 Å². The van der Waals surface area contributed by atoms with Gasteiger partial charge in [-0.1, -0.05) is 36.4 Å². The maximum atomic E-state index is 12.9. The first-order chi connectivity index (χ1) is 18.0. The van der Waals surface area contributed by atoms with E-state index in [1.165, 1.54) is 20.3 Å². The van der Waals surface area contributed by atoms with Crippen molar-refractivity contribution in [1.82, 2.24) is 10.0 Å². The van der Waals surface area contributed by atoms with E-state index >= 15 is 0 Å². The molecule has 1 amide bonds. The van der Waals surface area contributed by atoms with E-state index in [2.05, 4.69) is 10.0 Å². The van der Waals surface area contributed by atoms with Gasteiger partial charge in [0.2, 0.25) is 15.9 Å². The normalized spacial score (nSPS) is 12.8. The number of alkyl halides is 3. The first-order valence-corrected chi connectivity index (χ1v) is 12.9. The number of rotatable bonds is 11. The summed E-state index contributed by atoms with van der Waals surface area (Å²) in [5.74, 6) is 0.570. The highest BCUT2D eigenvalue weighted by atomic mass is 32.2. The van der Waals surface area contributed by atoms with Gasteiger partial charge >= 0.3 is 6.18 Å². The van der Waals surface area contributed by atoms with Crippen LogP contribution in [0, 0.1) is 0 Å². The van der Waals surface area contributed by atoms with Gasteiger partial charge in [-0.15, -0.1) is 0 Å². The van der Waals surface area contributed by atoms with Crippen LogP contribution in [0.2, 0.25) is 0 Å². The smallest absolute Gasteiger partial charge is 0.416 e. The molecule has 1 atom stereocenters. The Morgan fingerprint density at radius 3 is 2.21 bits per heavy atom. The van der Waals surface area contributed by atoms with Crippen molar-refractivity contribution < 1.29 is 35.9 Å². The number of methoxy groups -OCH3 is 2. The van der Waals surface area contributed by atoms with Crippen molar-refractivity contribution in [2.24, 2.45) is 0 Å². The van der Waals surface area contributed by atoms with E-state index in [0.29, 0.717) is 29.2 Å².